The van der Waals surface area contributed by atoms with E-state index in [-0.39, 0.29) is 0 Å². The molecular formula is C15H24N2OS. The molecule has 1 spiro atoms. The standard InChI is InChI=1S/C15H24N2OS/c1-2-7-15(6-1)9-16-14(19-10-15)17-12-5-8-18-13(12)11-3-4-11/h11-13H,1-10H2,(H,16,17). The van der Waals surface area contributed by atoms with Crippen LogP contribution in [0.1, 0.15) is 44.9 Å². The van der Waals surface area contributed by atoms with Crippen molar-refractivity contribution in [1.29, 1.82) is 0 Å². The van der Waals surface area contributed by atoms with Crippen molar-refractivity contribution in [3.63, 3.8) is 0 Å². The predicted molar refractivity (Wildman–Crippen MR) is 79.7 cm³/mol. The first kappa shape index (κ1) is 12.5. The first-order valence-corrected chi connectivity index (χ1v) is 8.89. The van der Waals surface area contributed by atoms with Crippen LogP contribution in [0.4, 0.5) is 0 Å². The average Bonchev–Trinajstić information content (AvgIpc) is 3.00. The number of hydrogen-bond donors (Lipinski definition) is 1. The zero-order chi connectivity index (χ0) is 12.7. The summed E-state index contributed by atoms with van der Waals surface area (Å²) in [5.41, 5.74) is 0.553. The van der Waals surface area contributed by atoms with Crippen molar-refractivity contribution < 1.29 is 4.74 Å². The first-order valence-electron chi connectivity index (χ1n) is 7.90. The molecule has 0 aromatic heterocycles. The zero-order valence-electron chi connectivity index (χ0n) is 11.6. The van der Waals surface area contributed by atoms with Gasteiger partial charge in [0.05, 0.1) is 12.1 Å². The second kappa shape index (κ2) is 4.96. The van der Waals surface area contributed by atoms with E-state index in [0.717, 1.165) is 25.5 Å². The van der Waals surface area contributed by atoms with Crippen molar-refractivity contribution in [2.75, 3.05) is 18.9 Å². The van der Waals surface area contributed by atoms with Gasteiger partial charge in [-0.2, -0.15) is 0 Å². The normalized spacial score (nSPS) is 37.6. The van der Waals surface area contributed by atoms with Gasteiger partial charge in [0.2, 0.25) is 0 Å². The molecule has 19 heavy (non-hydrogen) atoms. The van der Waals surface area contributed by atoms with Gasteiger partial charge in [0.15, 0.2) is 5.17 Å². The van der Waals surface area contributed by atoms with Crippen LogP contribution in [0, 0.1) is 11.3 Å². The maximum Gasteiger partial charge on any atom is 0.156 e. The summed E-state index contributed by atoms with van der Waals surface area (Å²) in [6.07, 6.45) is 9.98. The number of thioether (sulfide) groups is 1. The minimum Gasteiger partial charge on any atom is -0.376 e. The quantitative estimate of drug-likeness (QED) is 0.844. The number of rotatable bonds is 2. The van der Waals surface area contributed by atoms with Crippen LogP contribution in [0.25, 0.3) is 0 Å². The smallest absolute Gasteiger partial charge is 0.156 e. The van der Waals surface area contributed by atoms with Crippen LogP contribution in [0.3, 0.4) is 0 Å². The second-order valence-electron chi connectivity index (χ2n) is 6.83. The van der Waals surface area contributed by atoms with Crippen LogP contribution in [-0.2, 0) is 4.74 Å². The Morgan fingerprint density at radius 1 is 1.21 bits per heavy atom. The van der Waals surface area contributed by atoms with Gasteiger partial charge in [0, 0.05) is 18.9 Å². The summed E-state index contributed by atoms with van der Waals surface area (Å²) in [6.45, 7) is 1.99. The molecule has 2 heterocycles. The van der Waals surface area contributed by atoms with Crippen LogP contribution in [-0.4, -0.2) is 36.2 Å². The van der Waals surface area contributed by atoms with Gasteiger partial charge in [-0.05, 0) is 43.4 Å². The summed E-state index contributed by atoms with van der Waals surface area (Å²) < 4.78 is 5.90. The van der Waals surface area contributed by atoms with Crippen LogP contribution < -0.4 is 5.32 Å². The molecule has 3 fully saturated rings. The molecule has 0 aromatic rings. The fourth-order valence-corrected chi connectivity index (χ4v) is 5.09. The summed E-state index contributed by atoms with van der Waals surface area (Å²) in [4.78, 5) is 4.86. The van der Waals surface area contributed by atoms with Gasteiger partial charge in [-0.1, -0.05) is 24.6 Å². The Morgan fingerprint density at radius 3 is 2.74 bits per heavy atom. The van der Waals surface area contributed by atoms with Crippen molar-refractivity contribution in [2.24, 2.45) is 16.3 Å². The molecule has 2 aliphatic heterocycles. The first-order chi connectivity index (χ1) is 9.35. The molecule has 2 aliphatic carbocycles. The minimum absolute atomic E-state index is 0.464. The lowest BCUT2D eigenvalue weighted by Gasteiger charge is -2.32. The Balaban J connectivity index is 1.36. The van der Waals surface area contributed by atoms with Gasteiger partial charge < -0.3 is 10.1 Å². The number of ether oxygens (including phenoxy) is 1. The van der Waals surface area contributed by atoms with Crippen molar-refractivity contribution >= 4 is 16.9 Å². The van der Waals surface area contributed by atoms with Crippen molar-refractivity contribution in [3.8, 4) is 0 Å². The monoisotopic (exact) mass is 280 g/mol. The number of nitrogens with one attached hydrogen (secondary N) is 1. The van der Waals surface area contributed by atoms with Crippen molar-refractivity contribution in [3.05, 3.63) is 0 Å². The molecule has 4 rings (SSSR count). The van der Waals surface area contributed by atoms with E-state index in [1.54, 1.807) is 0 Å². The molecular weight excluding hydrogens is 256 g/mol. The molecule has 2 saturated carbocycles. The average molecular weight is 280 g/mol. The molecule has 1 N–H and O–H groups in total. The largest absolute Gasteiger partial charge is 0.376 e. The van der Waals surface area contributed by atoms with E-state index < -0.39 is 0 Å². The van der Waals surface area contributed by atoms with Crippen LogP contribution >= 0.6 is 11.8 Å². The summed E-state index contributed by atoms with van der Waals surface area (Å²) in [6, 6.07) is 0.524. The SMILES string of the molecule is C1CCC2(C1)CN=C(NC1CCOC1C1CC1)SC2. The Bertz CT molecular complexity index is 374. The third kappa shape index (κ3) is 2.54. The van der Waals surface area contributed by atoms with E-state index in [9.17, 15) is 0 Å². The highest BCUT2D eigenvalue weighted by atomic mass is 32.2. The van der Waals surface area contributed by atoms with E-state index >= 15 is 0 Å². The molecule has 3 nitrogen and oxygen atoms in total. The summed E-state index contributed by atoms with van der Waals surface area (Å²) in [5.74, 6) is 2.11. The number of amidine groups is 1. The molecule has 0 bridgehead atoms. The van der Waals surface area contributed by atoms with Gasteiger partial charge in [-0.3, -0.25) is 4.99 Å². The fraction of sp³-hybridized carbons (Fsp3) is 0.933. The molecule has 1 saturated heterocycles. The van der Waals surface area contributed by atoms with Crippen LogP contribution in [0.2, 0.25) is 0 Å². The molecule has 2 atom stereocenters. The zero-order valence-corrected chi connectivity index (χ0v) is 12.4. The highest BCUT2D eigenvalue weighted by Crippen LogP contribution is 2.43. The van der Waals surface area contributed by atoms with Crippen molar-refractivity contribution in [2.45, 2.75) is 57.1 Å². The van der Waals surface area contributed by atoms with Crippen molar-refractivity contribution in [1.82, 2.24) is 5.32 Å². The third-order valence-corrected chi connectivity index (χ3v) is 6.55. The number of aliphatic imine (C=N–C) groups is 1. The van der Waals surface area contributed by atoms with E-state index in [1.807, 2.05) is 11.8 Å². The summed E-state index contributed by atoms with van der Waals surface area (Å²) >= 11 is 1.96. The lowest BCUT2D eigenvalue weighted by atomic mass is 9.89. The van der Waals surface area contributed by atoms with Gasteiger partial charge in [-0.25, -0.2) is 0 Å². The van der Waals surface area contributed by atoms with Gasteiger partial charge >= 0.3 is 0 Å². The van der Waals surface area contributed by atoms with Crippen LogP contribution in [0.5, 0.6) is 0 Å². The molecule has 0 amide bonds. The van der Waals surface area contributed by atoms with E-state index in [1.165, 1.54) is 49.4 Å². The topological polar surface area (TPSA) is 33.6 Å². The summed E-state index contributed by atoms with van der Waals surface area (Å²) in [5, 5.41) is 4.88. The second-order valence-corrected chi connectivity index (χ2v) is 7.79. The summed E-state index contributed by atoms with van der Waals surface area (Å²) in [7, 11) is 0. The lowest BCUT2D eigenvalue weighted by Crippen LogP contribution is -2.43. The Kier molecular flexibility index (Phi) is 3.27. The van der Waals surface area contributed by atoms with Crippen LogP contribution in [0.15, 0.2) is 4.99 Å². The molecule has 4 heteroatoms. The highest BCUT2D eigenvalue weighted by molar-refractivity contribution is 8.13. The Hall–Kier alpha value is -0.220. The van der Waals surface area contributed by atoms with E-state index in [2.05, 4.69) is 5.32 Å². The highest BCUT2D eigenvalue weighted by Gasteiger charge is 2.42. The fourth-order valence-electron chi connectivity index (χ4n) is 3.88. The predicted octanol–water partition coefficient (Wildman–Crippen LogP) is 2.81. The maximum atomic E-state index is 5.90. The Labute approximate surface area is 120 Å². The Morgan fingerprint density at radius 2 is 2.05 bits per heavy atom. The molecule has 106 valence electrons. The molecule has 0 aromatic carbocycles. The third-order valence-electron chi connectivity index (χ3n) is 5.27. The van der Waals surface area contributed by atoms with Gasteiger partial charge in [0.25, 0.3) is 0 Å². The van der Waals surface area contributed by atoms with E-state index in [0.29, 0.717) is 17.6 Å². The number of hydrogen-bond acceptors (Lipinski definition) is 4. The maximum absolute atomic E-state index is 5.90. The lowest BCUT2D eigenvalue weighted by molar-refractivity contribution is 0.0844. The molecule has 4 aliphatic rings. The molecule has 2 unspecified atom stereocenters. The number of nitrogens with zero attached hydrogens (tertiary/aromatic N) is 1. The molecule has 0 radical (unpaired) electrons. The van der Waals surface area contributed by atoms with E-state index in [4.69, 9.17) is 9.73 Å². The van der Waals surface area contributed by atoms with Gasteiger partial charge in [0.1, 0.15) is 0 Å². The minimum atomic E-state index is 0.464. The van der Waals surface area contributed by atoms with Gasteiger partial charge in [-0.15, -0.1) is 0 Å².